The van der Waals surface area contributed by atoms with Gasteiger partial charge in [0, 0.05) is 19.6 Å². The van der Waals surface area contributed by atoms with E-state index < -0.39 is 23.9 Å². The Kier molecular flexibility index (Phi) is 8.56. The summed E-state index contributed by atoms with van der Waals surface area (Å²) in [6.07, 6.45) is 1.23. The molecule has 0 bridgehead atoms. The molecule has 2 aliphatic rings. The van der Waals surface area contributed by atoms with Crippen LogP contribution < -0.4 is 10.6 Å². The maximum atomic E-state index is 13.8. The first-order valence-electron chi connectivity index (χ1n) is 10.5. The summed E-state index contributed by atoms with van der Waals surface area (Å²) in [6.45, 7) is 3.42. The van der Waals surface area contributed by atoms with E-state index in [0.29, 0.717) is 45.6 Å². The number of aliphatic hydroxyl groups is 1. The van der Waals surface area contributed by atoms with E-state index in [1.165, 1.54) is 18.2 Å². The molecule has 0 saturated carbocycles. The van der Waals surface area contributed by atoms with Gasteiger partial charge in [-0.05, 0) is 31.4 Å². The Bertz CT molecular complexity index is 714. The summed E-state index contributed by atoms with van der Waals surface area (Å²) in [5.41, 5.74) is -0.0284. The lowest BCUT2D eigenvalue weighted by molar-refractivity contribution is -0.123. The second kappa shape index (κ2) is 11.4. The zero-order chi connectivity index (χ0) is 21.3. The van der Waals surface area contributed by atoms with Gasteiger partial charge >= 0.3 is 0 Å². The summed E-state index contributed by atoms with van der Waals surface area (Å²) >= 11 is 0. The van der Waals surface area contributed by atoms with Crippen LogP contribution in [0.5, 0.6) is 0 Å². The molecule has 3 atom stereocenters. The van der Waals surface area contributed by atoms with Gasteiger partial charge in [-0.25, -0.2) is 4.39 Å². The number of hydrogen-bond acceptors (Lipinski definition) is 6. The molecule has 0 radical (unpaired) electrons. The van der Waals surface area contributed by atoms with Crippen molar-refractivity contribution in [2.75, 3.05) is 46.0 Å². The number of halogens is 1. The fourth-order valence-corrected chi connectivity index (χ4v) is 3.79. The molecule has 2 amide bonds. The van der Waals surface area contributed by atoms with Gasteiger partial charge in [-0.15, -0.1) is 0 Å². The highest BCUT2D eigenvalue weighted by atomic mass is 19.1. The minimum absolute atomic E-state index is 0.0264. The number of rotatable bonds is 8. The number of hydrogen-bond donors (Lipinski definition) is 3. The summed E-state index contributed by atoms with van der Waals surface area (Å²) in [5, 5.41) is 15.4. The van der Waals surface area contributed by atoms with Gasteiger partial charge in [0.05, 0.1) is 44.1 Å². The van der Waals surface area contributed by atoms with Gasteiger partial charge < -0.3 is 25.2 Å². The number of nitrogens with one attached hydrogen (secondary N) is 2. The van der Waals surface area contributed by atoms with Crippen LogP contribution in [0.4, 0.5) is 4.39 Å². The molecule has 30 heavy (non-hydrogen) atoms. The lowest BCUT2D eigenvalue weighted by atomic mass is 9.96. The molecule has 2 fully saturated rings. The Hall–Kier alpha value is -2.07. The van der Waals surface area contributed by atoms with Gasteiger partial charge in [0.25, 0.3) is 5.91 Å². The lowest BCUT2D eigenvalue weighted by Gasteiger charge is -2.36. The summed E-state index contributed by atoms with van der Waals surface area (Å²) in [6, 6.07) is 5.39. The molecule has 3 N–H and O–H groups in total. The monoisotopic (exact) mass is 423 g/mol. The van der Waals surface area contributed by atoms with Crippen molar-refractivity contribution >= 4 is 11.8 Å². The first-order chi connectivity index (χ1) is 14.6. The third-order valence-electron chi connectivity index (χ3n) is 5.49. The van der Waals surface area contributed by atoms with Crippen molar-refractivity contribution < 1.29 is 28.6 Å². The molecule has 0 aromatic heterocycles. The third-order valence-corrected chi connectivity index (χ3v) is 5.49. The average molecular weight is 423 g/mol. The van der Waals surface area contributed by atoms with E-state index >= 15 is 0 Å². The number of nitrogens with zero attached hydrogens (tertiary/aromatic N) is 1. The first kappa shape index (κ1) is 22.6. The topological polar surface area (TPSA) is 100 Å². The number of benzene rings is 1. The maximum absolute atomic E-state index is 13.8. The summed E-state index contributed by atoms with van der Waals surface area (Å²) in [5.74, 6) is -1.13. The van der Waals surface area contributed by atoms with E-state index in [4.69, 9.17) is 9.47 Å². The smallest absolute Gasteiger partial charge is 0.254 e. The van der Waals surface area contributed by atoms with Crippen molar-refractivity contribution in [1.29, 1.82) is 0 Å². The van der Waals surface area contributed by atoms with Crippen LogP contribution in [-0.2, 0) is 14.3 Å². The van der Waals surface area contributed by atoms with E-state index in [1.54, 1.807) is 6.07 Å². The Morgan fingerprint density at radius 2 is 1.97 bits per heavy atom. The predicted molar refractivity (Wildman–Crippen MR) is 108 cm³/mol. The number of carbonyl (C=O) groups is 2. The number of ether oxygens (including phenoxy) is 2. The molecule has 2 saturated heterocycles. The molecule has 0 aliphatic carbocycles. The van der Waals surface area contributed by atoms with Gasteiger partial charge in [-0.1, -0.05) is 12.1 Å². The number of carbonyl (C=O) groups excluding carboxylic acids is 2. The van der Waals surface area contributed by atoms with Crippen LogP contribution in [0.3, 0.4) is 0 Å². The Morgan fingerprint density at radius 3 is 2.70 bits per heavy atom. The van der Waals surface area contributed by atoms with Crippen LogP contribution in [0.1, 0.15) is 29.6 Å². The van der Waals surface area contributed by atoms with Crippen molar-refractivity contribution in [3.05, 3.63) is 35.6 Å². The molecular formula is C21H30FN3O5. The molecular weight excluding hydrogens is 393 g/mol. The van der Waals surface area contributed by atoms with Crippen LogP contribution in [0.15, 0.2) is 24.3 Å². The van der Waals surface area contributed by atoms with Crippen LogP contribution >= 0.6 is 0 Å². The summed E-state index contributed by atoms with van der Waals surface area (Å²) in [4.78, 5) is 26.5. The van der Waals surface area contributed by atoms with Crippen molar-refractivity contribution in [2.24, 2.45) is 0 Å². The molecule has 9 heteroatoms. The van der Waals surface area contributed by atoms with E-state index in [0.717, 1.165) is 13.1 Å². The lowest BCUT2D eigenvalue weighted by Crippen LogP contribution is -2.51. The van der Waals surface area contributed by atoms with Crippen molar-refractivity contribution in [3.63, 3.8) is 0 Å². The van der Waals surface area contributed by atoms with Crippen LogP contribution in [0.2, 0.25) is 0 Å². The fourth-order valence-electron chi connectivity index (χ4n) is 3.79. The highest BCUT2D eigenvalue weighted by Gasteiger charge is 2.32. The van der Waals surface area contributed by atoms with Gasteiger partial charge in [0.1, 0.15) is 11.9 Å². The van der Waals surface area contributed by atoms with Gasteiger partial charge in [-0.2, -0.15) is 0 Å². The van der Waals surface area contributed by atoms with Crippen molar-refractivity contribution in [2.45, 2.75) is 37.5 Å². The molecule has 1 aromatic rings. The van der Waals surface area contributed by atoms with Gasteiger partial charge in [0.15, 0.2) is 0 Å². The summed E-state index contributed by atoms with van der Waals surface area (Å²) < 4.78 is 25.0. The molecule has 3 rings (SSSR count). The van der Waals surface area contributed by atoms with Gasteiger partial charge in [0.2, 0.25) is 5.91 Å². The predicted octanol–water partition coefficient (Wildman–Crippen LogP) is 0.303. The highest BCUT2D eigenvalue weighted by Crippen LogP contribution is 2.22. The minimum atomic E-state index is -0.585. The standard InChI is InChI=1S/C21H30FN3O5/c22-17-4-2-1-3-16(17)21(28)24-18-6-5-15(30-19(18)14-26)7-8-23-20(27)13-25-9-11-29-12-10-25/h1-4,15,18-19,26H,5-14H2,(H,23,27)(H,24,28)/t15-,18-,19+/m1/s1. The zero-order valence-corrected chi connectivity index (χ0v) is 17.0. The second-order valence-corrected chi connectivity index (χ2v) is 7.64. The SMILES string of the molecule is O=C(CN1CCOCC1)NCC[C@H]1CC[C@@H](NC(=O)c2ccccc2F)[C@H](CO)O1. The van der Waals surface area contributed by atoms with E-state index in [9.17, 15) is 19.1 Å². The molecule has 1 aromatic carbocycles. The van der Waals surface area contributed by atoms with Crippen LogP contribution in [-0.4, -0.2) is 86.1 Å². The fraction of sp³-hybridized carbons (Fsp3) is 0.619. The molecule has 2 heterocycles. The quantitative estimate of drug-likeness (QED) is 0.556. The normalized spacial score (nSPS) is 24.9. The van der Waals surface area contributed by atoms with Crippen LogP contribution in [0, 0.1) is 5.82 Å². The Balaban J connectivity index is 1.40. The third kappa shape index (κ3) is 6.46. The van der Waals surface area contributed by atoms with E-state index in [1.807, 2.05) is 0 Å². The van der Waals surface area contributed by atoms with Gasteiger partial charge in [-0.3, -0.25) is 14.5 Å². The second-order valence-electron chi connectivity index (χ2n) is 7.64. The number of morpholine rings is 1. The Labute approximate surface area is 175 Å². The Morgan fingerprint density at radius 1 is 1.20 bits per heavy atom. The maximum Gasteiger partial charge on any atom is 0.254 e. The number of aliphatic hydroxyl groups excluding tert-OH is 1. The van der Waals surface area contributed by atoms with Crippen LogP contribution in [0.25, 0.3) is 0 Å². The van der Waals surface area contributed by atoms with E-state index in [2.05, 4.69) is 15.5 Å². The first-order valence-corrected chi connectivity index (χ1v) is 10.5. The molecule has 166 valence electrons. The minimum Gasteiger partial charge on any atom is -0.394 e. The molecule has 0 spiro atoms. The summed E-state index contributed by atoms with van der Waals surface area (Å²) in [7, 11) is 0. The van der Waals surface area contributed by atoms with Crippen molar-refractivity contribution in [1.82, 2.24) is 15.5 Å². The zero-order valence-electron chi connectivity index (χ0n) is 17.0. The van der Waals surface area contributed by atoms with E-state index in [-0.39, 0.29) is 24.2 Å². The number of amides is 2. The molecule has 0 unspecified atom stereocenters. The largest absolute Gasteiger partial charge is 0.394 e. The van der Waals surface area contributed by atoms with Crippen molar-refractivity contribution in [3.8, 4) is 0 Å². The highest BCUT2D eigenvalue weighted by molar-refractivity contribution is 5.94. The molecule has 8 nitrogen and oxygen atoms in total. The molecule has 2 aliphatic heterocycles. The average Bonchev–Trinajstić information content (AvgIpc) is 2.75.